The summed E-state index contributed by atoms with van der Waals surface area (Å²) >= 11 is 4.82. The van der Waals surface area contributed by atoms with E-state index in [1.165, 1.54) is 16.6 Å². The maximum Gasteiger partial charge on any atom is 0.267 e. The lowest BCUT2D eigenvalue weighted by molar-refractivity contribution is -0.113. The number of anilines is 1. The van der Waals surface area contributed by atoms with Crippen molar-refractivity contribution in [1.82, 2.24) is 9.55 Å². The van der Waals surface area contributed by atoms with Crippen LogP contribution in [0, 0.1) is 0 Å². The fourth-order valence-electron chi connectivity index (χ4n) is 3.92. The molecule has 2 aromatic heterocycles. The molecule has 4 aromatic rings. The summed E-state index contributed by atoms with van der Waals surface area (Å²) in [6.45, 7) is 4.45. The van der Waals surface area contributed by atoms with Crippen molar-refractivity contribution >= 4 is 56.7 Å². The zero-order valence-electron chi connectivity index (χ0n) is 18.3. The molecule has 1 amide bonds. The largest absolute Gasteiger partial charge is 0.325 e. The summed E-state index contributed by atoms with van der Waals surface area (Å²) in [5, 5.41) is 4.16. The smallest absolute Gasteiger partial charge is 0.267 e. The van der Waals surface area contributed by atoms with Gasteiger partial charge in [0.15, 0.2) is 5.16 Å². The number of fused-ring (bicyclic) bond motifs is 3. The minimum atomic E-state index is -0.135. The Morgan fingerprint density at radius 1 is 1.12 bits per heavy atom. The van der Waals surface area contributed by atoms with Gasteiger partial charge >= 0.3 is 0 Å². The minimum Gasteiger partial charge on any atom is -0.325 e. The molecule has 2 aromatic carbocycles. The molecule has 0 atom stereocenters. The zero-order valence-corrected chi connectivity index (χ0v) is 20.8. The van der Waals surface area contributed by atoms with E-state index in [2.05, 4.69) is 19.2 Å². The van der Waals surface area contributed by atoms with Gasteiger partial charge in [-0.05, 0) is 36.2 Å². The molecule has 0 saturated carbocycles. The lowest BCUT2D eigenvalue weighted by atomic mass is 10.00. The Morgan fingerprint density at radius 3 is 2.55 bits per heavy atom. The van der Waals surface area contributed by atoms with Crippen LogP contribution in [-0.4, -0.2) is 26.0 Å². The summed E-state index contributed by atoms with van der Waals surface area (Å²) in [7, 11) is 0. The first-order chi connectivity index (χ1) is 15.9. The number of thiophene rings is 1. The van der Waals surface area contributed by atoms with Gasteiger partial charge in [-0.1, -0.05) is 62.0 Å². The van der Waals surface area contributed by atoms with Crippen LogP contribution in [0.25, 0.3) is 15.9 Å². The molecule has 0 bridgehead atoms. The van der Waals surface area contributed by atoms with Crippen LogP contribution < -0.4 is 10.9 Å². The molecule has 33 heavy (non-hydrogen) atoms. The van der Waals surface area contributed by atoms with Crippen LogP contribution in [-0.2, 0) is 17.0 Å². The molecule has 5 rings (SSSR count). The van der Waals surface area contributed by atoms with E-state index in [0.717, 1.165) is 39.3 Å². The second-order valence-corrected chi connectivity index (χ2v) is 12.2. The van der Waals surface area contributed by atoms with Crippen molar-refractivity contribution in [3.8, 4) is 5.69 Å². The van der Waals surface area contributed by atoms with E-state index >= 15 is 0 Å². The molecule has 0 aliphatic carbocycles. The van der Waals surface area contributed by atoms with Crippen LogP contribution in [0.1, 0.15) is 24.3 Å². The third kappa shape index (κ3) is 4.60. The van der Waals surface area contributed by atoms with E-state index in [9.17, 15) is 9.59 Å². The van der Waals surface area contributed by atoms with Crippen molar-refractivity contribution in [2.24, 2.45) is 0 Å². The molecule has 8 heteroatoms. The van der Waals surface area contributed by atoms with E-state index in [1.54, 1.807) is 15.9 Å². The van der Waals surface area contributed by atoms with Crippen molar-refractivity contribution < 1.29 is 4.79 Å². The highest BCUT2D eigenvalue weighted by Gasteiger charge is 2.31. The van der Waals surface area contributed by atoms with E-state index in [1.807, 2.05) is 72.4 Å². The Kier molecular flexibility index (Phi) is 6.07. The Bertz CT molecular complexity index is 1380. The second kappa shape index (κ2) is 9.00. The number of hydrogen-bond donors (Lipinski definition) is 1. The fourth-order valence-corrected chi connectivity index (χ4v) is 7.12. The lowest BCUT2D eigenvalue weighted by Crippen LogP contribution is -2.26. The van der Waals surface area contributed by atoms with E-state index in [-0.39, 0.29) is 22.0 Å². The molecule has 0 fully saturated rings. The van der Waals surface area contributed by atoms with Crippen molar-refractivity contribution in [3.63, 3.8) is 0 Å². The standard InChI is InChI=1S/C25H23N3O2S3/c1-25(2)13-18-19(14-32-25)33-22-21(18)23(30)28(17-11-7-4-8-12-17)24(27-22)31-15-20(29)26-16-9-5-3-6-10-16/h3-12H,13-15H2,1-2H3,(H,26,29). The molecule has 5 nitrogen and oxygen atoms in total. The number of hydrogen-bond acceptors (Lipinski definition) is 6. The van der Waals surface area contributed by atoms with Gasteiger partial charge in [-0.3, -0.25) is 14.2 Å². The summed E-state index contributed by atoms with van der Waals surface area (Å²) in [5.74, 6) is 0.924. The minimum absolute atomic E-state index is 0.0580. The predicted molar refractivity (Wildman–Crippen MR) is 140 cm³/mol. The van der Waals surface area contributed by atoms with Gasteiger partial charge in [-0.25, -0.2) is 4.98 Å². The third-order valence-corrected chi connectivity index (χ3v) is 9.08. The number of amides is 1. The van der Waals surface area contributed by atoms with E-state index in [4.69, 9.17) is 4.98 Å². The van der Waals surface area contributed by atoms with Crippen molar-refractivity contribution in [1.29, 1.82) is 0 Å². The molecule has 0 unspecified atom stereocenters. The Hall–Kier alpha value is -2.55. The highest BCUT2D eigenvalue weighted by Crippen LogP contribution is 2.44. The number of benzene rings is 2. The number of aromatic nitrogens is 2. The van der Waals surface area contributed by atoms with Crippen LogP contribution in [0.4, 0.5) is 5.69 Å². The van der Waals surface area contributed by atoms with Gasteiger partial charge in [-0.2, -0.15) is 0 Å². The van der Waals surface area contributed by atoms with Gasteiger partial charge in [0.1, 0.15) is 4.83 Å². The molecule has 168 valence electrons. The maximum atomic E-state index is 13.8. The number of carbonyl (C=O) groups is 1. The molecular weight excluding hydrogens is 470 g/mol. The van der Waals surface area contributed by atoms with Crippen LogP contribution in [0.3, 0.4) is 0 Å². The summed E-state index contributed by atoms with van der Waals surface area (Å²) in [6, 6.07) is 18.9. The molecule has 1 aliphatic rings. The monoisotopic (exact) mass is 493 g/mol. The van der Waals surface area contributed by atoms with E-state index < -0.39 is 0 Å². The number of rotatable bonds is 5. The zero-order chi connectivity index (χ0) is 23.0. The normalized spacial score (nSPS) is 14.7. The van der Waals surface area contributed by atoms with Gasteiger partial charge < -0.3 is 5.32 Å². The first kappa shape index (κ1) is 22.3. The SMILES string of the molecule is CC1(C)Cc2c(sc3nc(SCC(=O)Nc4ccccc4)n(-c4ccccc4)c(=O)c23)CS1. The third-order valence-electron chi connectivity index (χ3n) is 5.48. The maximum absolute atomic E-state index is 13.8. The molecule has 3 heterocycles. The average molecular weight is 494 g/mol. The summed E-state index contributed by atoms with van der Waals surface area (Å²) in [5.41, 5.74) is 2.59. The topological polar surface area (TPSA) is 64.0 Å². The first-order valence-electron chi connectivity index (χ1n) is 10.7. The van der Waals surface area contributed by atoms with Gasteiger partial charge in [0.25, 0.3) is 5.56 Å². The van der Waals surface area contributed by atoms with Crippen LogP contribution in [0.15, 0.2) is 70.6 Å². The van der Waals surface area contributed by atoms with Gasteiger partial charge in [0, 0.05) is 21.1 Å². The van der Waals surface area contributed by atoms with Crippen molar-refractivity contribution in [3.05, 3.63) is 81.5 Å². The highest BCUT2D eigenvalue weighted by atomic mass is 32.2. The predicted octanol–water partition coefficient (Wildman–Crippen LogP) is 5.75. The molecule has 0 radical (unpaired) electrons. The molecule has 0 spiro atoms. The lowest BCUT2D eigenvalue weighted by Gasteiger charge is -2.28. The number of nitrogens with one attached hydrogen (secondary N) is 1. The Balaban J connectivity index is 1.55. The van der Waals surface area contributed by atoms with Crippen molar-refractivity contribution in [2.75, 3.05) is 11.1 Å². The molecule has 1 N–H and O–H groups in total. The molecule has 1 aliphatic heterocycles. The van der Waals surface area contributed by atoms with Crippen LogP contribution in [0.5, 0.6) is 0 Å². The van der Waals surface area contributed by atoms with E-state index in [0.29, 0.717) is 5.16 Å². The second-order valence-electron chi connectivity index (χ2n) is 8.48. The van der Waals surface area contributed by atoms with Crippen LogP contribution >= 0.6 is 34.9 Å². The van der Waals surface area contributed by atoms with Gasteiger partial charge in [0.05, 0.1) is 16.8 Å². The number of thioether (sulfide) groups is 2. The first-order valence-corrected chi connectivity index (χ1v) is 13.4. The van der Waals surface area contributed by atoms with Crippen LogP contribution in [0.2, 0.25) is 0 Å². The fraction of sp³-hybridized carbons (Fsp3) is 0.240. The Labute approximate surface area is 204 Å². The van der Waals surface area contributed by atoms with Gasteiger partial charge in [0.2, 0.25) is 5.91 Å². The molecular formula is C25H23N3O2S3. The number of nitrogens with zero attached hydrogens (tertiary/aromatic N) is 2. The quantitative estimate of drug-likeness (QED) is 0.283. The van der Waals surface area contributed by atoms with Gasteiger partial charge in [-0.15, -0.1) is 23.1 Å². The number of para-hydroxylation sites is 2. The Morgan fingerprint density at radius 2 is 1.82 bits per heavy atom. The summed E-state index contributed by atoms with van der Waals surface area (Å²) in [4.78, 5) is 33.3. The van der Waals surface area contributed by atoms with Crippen molar-refractivity contribution in [2.45, 2.75) is 35.9 Å². The highest BCUT2D eigenvalue weighted by molar-refractivity contribution is 8.00. The average Bonchev–Trinajstić information content (AvgIpc) is 3.15. The number of carbonyl (C=O) groups excluding carboxylic acids is 1. The summed E-state index contributed by atoms with van der Waals surface area (Å²) < 4.78 is 1.75. The summed E-state index contributed by atoms with van der Waals surface area (Å²) in [6.07, 6.45) is 0.852. The molecule has 0 saturated heterocycles.